The Morgan fingerprint density at radius 3 is 2.53 bits per heavy atom. The van der Waals surface area contributed by atoms with Crippen molar-refractivity contribution in [3.63, 3.8) is 0 Å². The Labute approximate surface area is 100 Å². The molecule has 1 N–H and O–H groups in total. The SMILES string of the molecule is CC(=O)N1CCC(C(=O)c2cnc(C)[nH]2)CC1. The summed E-state index contributed by atoms with van der Waals surface area (Å²) in [6, 6.07) is 0. The summed E-state index contributed by atoms with van der Waals surface area (Å²) in [5.41, 5.74) is 0.587. The van der Waals surface area contributed by atoms with E-state index in [1.54, 1.807) is 18.0 Å². The van der Waals surface area contributed by atoms with Crippen molar-refractivity contribution in [2.45, 2.75) is 26.7 Å². The summed E-state index contributed by atoms with van der Waals surface area (Å²) in [5.74, 6) is 0.988. The van der Waals surface area contributed by atoms with Gasteiger partial charge in [0.1, 0.15) is 11.5 Å². The van der Waals surface area contributed by atoms with E-state index in [0.717, 1.165) is 18.7 Å². The number of Topliss-reactive ketones (excluding diaryl/α,β-unsaturated/α-hetero) is 1. The van der Waals surface area contributed by atoms with Crippen LogP contribution in [0, 0.1) is 12.8 Å². The number of ketones is 1. The number of piperidine rings is 1. The molecule has 0 atom stereocenters. The number of carbonyl (C=O) groups excluding carboxylic acids is 2. The van der Waals surface area contributed by atoms with E-state index in [1.807, 2.05) is 6.92 Å². The first-order valence-corrected chi connectivity index (χ1v) is 5.89. The maximum atomic E-state index is 12.1. The number of likely N-dealkylation sites (tertiary alicyclic amines) is 1. The molecule has 0 saturated carbocycles. The van der Waals surface area contributed by atoms with Gasteiger partial charge in [-0.25, -0.2) is 4.98 Å². The topological polar surface area (TPSA) is 66.1 Å². The van der Waals surface area contributed by atoms with Gasteiger partial charge < -0.3 is 9.88 Å². The lowest BCUT2D eigenvalue weighted by Crippen LogP contribution is -2.39. The number of carbonyl (C=O) groups is 2. The van der Waals surface area contributed by atoms with Gasteiger partial charge in [0.05, 0.1) is 6.20 Å². The summed E-state index contributed by atoms with van der Waals surface area (Å²) in [5, 5.41) is 0. The molecule has 0 aromatic carbocycles. The minimum atomic E-state index is 0.0189. The summed E-state index contributed by atoms with van der Waals surface area (Å²) in [6.45, 7) is 4.76. The van der Waals surface area contributed by atoms with Gasteiger partial charge >= 0.3 is 0 Å². The van der Waals surface area contributed by atoms with Crippen LogP contribution in [0.4, 0.5) is 0 Å². The monoisotopic (exact) mass is 235 g/mol. The second-order valence-electron chi connectivity index (χ2n) is 4.53. The van der Waals surface area contributed by atoms with Gasteiger partial charge in [-0.1, -0.05) is 0 Å². The molecule has 2 heterocycles. The van der Waals surface area contributed by atoms with Crippen LogP contribution in [0.5, 0.6) is 0 Å². The Morgan fingerprint density at radius 2 is 2.06 bits per heavy atom. The summed E-state index contributed by atoms with van der Waals surface area (Å²) in [6.07, 6.45) is 3.09. The highest BCUT2D eigenvalue weighted by atomic mass is 16.2. The summed E-state index contributed by atoms with van der Waals surface area (Å²) < 4.78 is 0. The molecule has 0 aliphatic carbocycles. The number of aromatic amines is 1. The van der Waals surface area contributed by atoms with Gasteiger partial charge in [-0.2, -0.15) is 0 Å². The molecule has 0 radical (unpaired) electrons. The van der Waals surface area contributed by atoms with Crippen LogP contribution in [0.15, 0.2) is 6.20 Å². The molecule has 0 bridgehead atoms. The van der Waals surface area contributed by atoms with Crippen LogP contribution in [0.2, 0.25) is 0 Å². The van der Waals surface area contributed by atoms with Gasteiger partial charge in [0.15, 0.2) is 5.78 Å². The molecule has 5 nitrogen and oxygen atoms in total. The van der Waals surface area contributed by atoms with E-state index >= 15 is 0 Å². The molecule has 1 fully saturated rings. The molecule has 0 spiro atoms. The smallest absolute Gasteiger partial charge is 0.219 e. The third-order valence-electron chi connectivity index (χ3n) is 3.28. The second kappa shape index (κ2) is 4.69. The Balaban J connectivity index is 1.97. The normalized spacial score (nSPS) is 17.2. The van der Waals surface area contributed by atoms with E-state index in [9.17, 15) is 9.59 Å². The fourth-order valence-corrected chi connectivity index (χ4v) is 2.22. The number of aromatic nitrogens is 2. The van der Waals surface area contributed by atoms with Gasteiger partial charge in [0.2, 0.25) is 5.91 Å². The fraction of sp³-hybridized carbons (Fsp3) is 0.583. The van der Waals surface area contributed by atoms with E-state index in [-0.39, 0.29) is 17.6 Å². The van der Waals surface area contributed by atoms with Crippen molar-refractivity contribution in [3.8, 4) is 0 Å². The van der Waals surface area contributed by atoms with E-state index in [4.69, 9.17) is 0 Å². The fourth-order valence-electron chi connectivity index (χ4n) is 2.22. The minimum absolute atomic E-state index is 0.0189. The Hall–Kier alpha value is -1.65. The summed E-state index contributed by atoms with van der Waals surface area (Å²) >= 11 is 0. The van der Waals surface area contributed by atoms with Crippen molar-refractivity contribution in [2.24, 2.45) is 5.92 Å². The van der Waals surface area contributed by atoms with Gasteiger partial charge in [0.25, 0.3) is 0 Å². The van der Waals surface area contributed by atoms with Gasteiger partial charge in [-0.3, -0.25) is 9.59 Å². The van der Waals surface area contributed by atoms with Crippen LogP contribution in [-0.4, -0.2) is 39.6 Å². The molecule has 5 heteroatoms. The van der Waals surface area contributed by atoms with Crippen LogP contribution >= 0.6 is 0 Å². The van der Waals surface area contributed by atoms with Crippen molar-refractivity contribution in [2.75, 3.05) is 13.1 Å². The van der Waals surface area contributed by atoms with E-state index in [2.05, 4.69) is 9.97 Å². The Bertz CT molecular complexity index is 431. The number of H-pyrrole nitrogens is 1. The number of amides is 1. The lowest BCUT2D eigenvalue weighted by molar-refractivity contribution is -0.130. The first-order valence-electron chi connectivity index (χ1n) is 5.89. The van der Waals surface area contributed by atoms with Crippen molar-refractivity contribution in [3.05, 3.63) is 17.7 Å². The molecule has 0 unspecified atom stereocenters. The molecule has 1 aliphatic heterocycles. The number of nitrogens with one attached hydrogen (secondary N) is 1. The van der Waals surface area contributed by atoms with Gasteiger partial charge in [-0.15, -0.1) is 0 Å². The average Bonchev–Trinajstić information content (AvgIpc) is 2.75. The maximum Gasteiger partial charge on any atom is 0.219 e. The minimum Gasteiger partial charge on any atom is -0.343 e. The van der Waals surface area contributed by atoms with Crippen LogP contribution in [0.25, 0.3) is 0 Å². The van der Waals surface area contributed by atoms with Crippen LogP contribution in [0.3, 0.4) is 0 Å². The van der Waals surface area contributed by atoms with Crippen LogP contribution in [-0.2, 0) is 4.79 Å². The highest BCUT2D eigenvalue weighted by Gasteiger charge is 2.27. The van der Waals surface area contributed by atoms with E-state index < -0.39 is 0 Å². The first-order chi connectivity index (χ1) is 8.08. The third kappa shape index (κ3) is 2.54. The molecule has 2 rings (SSSR count). The van der Waals surface area contributed by atoms with Gasteiger partial charge in [0, 0.05) is 25.9 Å². The number of rotatable bonds is 2. The quantitative estimate of drug-likeness (QED) is 0.782. The molecule has 17 heavy (non-hydrogen) atoms. The summed E-state index contributed by atoms with van der Waals surface area (Å²) in [4.78, 5) is 32.1. The maximum absolute atomic E-state index is 12.1. The van der Waals surface area contributed by atoms with Crippen LogP contribution in [0.1, 0.15) is 36.1 Å². The number of hydrogen-bond acceptors (Lipinski definition) is 3. The number of imidazole rings is 1. The lowest BCUT2D eigenvalue weighted by Gasteiger charge is -2.30. The highest BCUT2D eigenvalue weighted by molar-refractivity contribution is 5.96. The molecule has 92 valence electrons. The zero-order valence-electron chi connectivity index (χ0n) is 10.2. The molecular weight excluding hydrogens is 218 g/mol. The molecule has 1 aliphatic rings. The number of aryl methyl sites for hydroxylation is 1. The zero-order valence-corrected chi connectivity index (χ0v) is 10.2. The van der Waals surface area contributed by atoms with E-state index in [1.165, 1.54) is 0 Å². The molecule has 1 saturated heterocycles. The average molecular weight is 235 g/mol. The zero-order chi connectivity index (χ0) is 12.4. The first kappa shape index (κ1) is 11.8. The van der Waals surface area contributed by atoms with Crippen molar-refractivity contribution in [1.29, 1.82) is 0 Å². The standard InChI is InChI=1S/C12H17N3O2/c1-8-13-7-11(14-8)12(17)10-3-5-15(6-4-10)9(2)16/h7,10H,3-6H2,1-2H3,(H,13,14). The third-order valence-corrected chi connectivity index (χ3v) is 3.28. The van der Waals surface area contributed by atoms with Crippen LogP contribution < -0.4 is 0 Å². The number of hydrogen-bond donors (Lipinski definition) is 1. The number of nitrogens with zero attached hydrogens (tertiary/aromatic N) is 2. The molecule has 1 aromatic heterocycles. The molecular formula is C12H17N3O2. The van der Waals surface area contributed by atoms with Gasteiger partial charge in [-0.05, 0) is 19.8 Å². The summed E-state index contributed by atoms with van der Waals surface area (Å²) in [7, 11) is 0. The largest absolute Gasteiger partial charge is 0.343 e. The Kier molecular flexibility index (Phi) is 3.26. The Morgan fingerprint density at radius 1 is 1.41 bits per heavy atom. The highest BCUT2D eigenvalue weighted by Crippen LogP contribution is 2.21. The van der Waals surface area contributed by atoms with Crippen molar-refractivity contribution >= 4 is 11.7 Å². The van der Waals surface area contributed by atoms with Crippen molar-refractivity contribution < 1.29 is 9.59 Å². The predicted molar refractivity (Wildman–Crippen MR) is 62.6 cm³/mol. The molecule has 1 aromatic rings. The van der Waals surface area contributed by atoms with E-state index in [0.29, 0.717) is 18.8 Å². The predicted octanol–water partition coefficient (Wildman–Crippen LogP) is 1.16. The molecule has 1 amide bonds. The van der Waals surface area contributed by atoms with Crippen molar-refractivity contribution in [1.82, 2.24) is 14.9 Å². The second-order valence-corrected chi connectivity index (χ2v) is 4.53. The lowest BCUT2D eigenvalue weighted by atomic mass is 9.91.